The molecular formula is C17H30O2. The topological polar surface area (TPSA) is 26.3 Å². The summed E-state index contributed by atoms with van der Waals surface area (Å²) in [7, 11) is 0. The fraction of sp³-hybridized carbons (Fsp3) is 0.588. The molecule has 0 atom stereocenters. The lowest BCUT2D eigenvalue weighted by Gasteiger charge is -2.29. The van der Waals surface area contributed by atoms with E-state index in [4.69, 9.17) is 4.74 Å². The molecule has 0 amide bonds. The highest BCUT2D eigenvalue weighted by Gasteiger charge is 2.26. The number of allylic oxidation sites excluding steroid dienone is 2. The van der Waals surface area contributed by atoms with E-state index >= 15 is 0 Å². The summed E-state index contributed by atoms with van der Waals surface area (Å²) in [6.45, 7) is 18.0. The van der Waals surface area contributed by atoms with Crippen LogP contribution in [0.15, 0.2) is 37.0 Å². The number of hydrogen-bond donors (Lipinski definition) is 0. The molecule has 0 spiro atoms. The van der Waals surface area contributed by atoms with Gasteiger partial charge in [-0.1, -0.05) is 59.9 Å². The van der Waals surface area contributed by atoms with Gasteiger partial charge in [-0.3, -0.25) is 0 Å². The lowest BCUT2D eigenvalue weighted by atomic mass is 9.81. The SMILES string of the molecule is C=C/C=C(\C=C)C(=O)OCC(CC)(CC)CC.CC. The second kappa shape index (κ2) is 11.8. The van der Waals surface area contributed by atoms with Gasteiger partial charge in [0.1, 0.15) is 0 Å². The fourth-order valence-electron chi connectivity index (χ4n) is 1.70. The Kier molecular flexibility index (Phi) is 12.4. The summed E-state index contributed by atoms with van der Waals surface area (Å²) in [5, 5.41) is 0. The monoisotopic (exact) mass is 266 g/mol. The van der Waals surface area contributed by atoms with Gasteiger partial charge in [-0.05, 0) is 25.3 Å². The molecule has 0 bridgehead atoms. The van der Waals surface area contributed by atoms with Gasteiger partial charge in [0.25, 0.3) is 0 Å². The summed E-state index contributed by atoms with van der Waals surface area (Å²) in [6.07, 6.45) is 7.72. The first kappa shape index (κ1) is 20.0. The number of carbonyl (C=O) groups excluding carboxylic acids is 1. The first-order valence-corrected chi connectivity index (χ1v) is 7.21. The third-order valence-electron chi connectivity index (χ3n) is 3.51. The van der Waals surface area contributed by atoms with Crippen LogP contribution in [0.5, 0.6) is 0 Å². The molecule has 2 heteroatoms. The van der Waals surface area contributed by atoms with Crippen molar-refractivity contribution in [2.24, 2.45) is 5.41 Å². The first-order chi connectivity index (χ1) is 9.09. The summed E-state index contributed by atoms with van der Waals surface area (Å²) >= 11 is 0. The molecule has 0 aromatic carbocycles. The molecular weight excluding hydrogens is 236 g/mol. The highest BCUT2D eigenvalue weighted by Crippen LogP contribution is 2.30. The van der Waals surface area contributed by atoms with E-state index in [2.05, 4.69) is 33.9 Å². The van der Waals surface area contributed by atoms with Crippen molar-refractivity contribution in [2.45, 2.75) is 53.9 Å². The van der Waals surface area contributed by atoms with Crippen LogP contribution in [-0.4, -0.2) is 12.6 Å². The molecule has 0 aliphatic carbocycles. The van der Waals surface area contributed by atoms with Crippen LogP contribution < -0.4 is 0 Å². The molecule has 0 saturated heterocycles. The lowest BCUT2D eigenvalue weighted by molar-refractivity contribution is -0.142. The van der Waals surface area contributed by atoms with Crippen molar-refractivity contribution >= 4 is 5.97 Å². The van der Waals surface area contributed by atoms with E-state index in [0.29, 0.717) is 12.2 Å². The van der Waals surface area contributed by atoms with E-state index in [0.717, 1.165) is 19.3 Å². The van der Waals surface area contributed by atoms with Crippen molar-refractivity contribution < 1.29 is 9.53 Å². The first-order valence-electron chi connectivity index (χ1n) is 7.21. The number of hydrogen-bond acceptors (Lipinski definition) is 2. The Bertz CT molecular complexity index is 288. The van der Waals surface area contributed by atoms with E-state index in [1.807, 2.05) is 13.8 Å². The Labute approximate surface area is 119 Å². The highest BCUT2D eigenvalue weighted by atomic mass is 16.5. The number of ether oxygens (including phenoxy) is 1. The van der Waals surface area contributed by atoms with Crippen LogP contribution in [0.2, 0.25) is 0 Å². The Morgan fingerprint density at radius 2 is 1.58 bits per heavy atom. The molecule has 110 valence electrons. The van der Waals surface area contributed by atoms with Crippen molar-refractivity contribution in [3.05, 3.63) is 37.0 Å². The van der Waals surface area contributed by atoms with E-state index < -0.39 is 0 Å². The lowest BCUT2D eigenvalue weighted by Crippen LogP contribution is -2.26. The third kappa shape index (κ3) is 7.00. The predicted octanol–water partition coefficient (Wildman–Crippen LogP) is 5.07. The molecule has 19 heavy (non-hydrogen) atoms. The van der Waals surface area contributed by atoms with E-state index in [-0.39, 0.29) is 11.4 Å². The van der Waals surface area contributed by atoms with Crippen LogP contribution in [0, 0.1) is 5.41 Å². The van der Waals surface area contributed by atoms with Gasteiger partial charge in [-0.25, -0.2) is 4.79 Å². The molecule has 0 fully saturated rings. The minimum absolute atomic E-state index is 0.107. The van der Waals surface area contributed by atoms with Gasteiger partial charge in [0.15, 0.2) is 0 Å². The fourth-order valence-corrected chi connectivity index (χ4v) is 1.70. The largest absolute Gasteiger partial charge is 0.462 e. The summed E-state index contributed by atoms with van der Waals surface area (Å²) in [5.74, 6) is -0.320. The normalized spacial score (nSPS) is 11.1. The molecule has 2 nitrogen and oxygen atoms in total. The van der Waals surface area contributed by atoms with Crippen molar-refractivity contribution in [1.29, 1.82) is 0 Å². The summed E-state index contributed by atoms with van der Waals surface area (Å²) in [4.78, 5) is 11.7. The van der Waals surface area contributed by atoms with Crippen LogP contribution in [-0.2, 0) is 9.53 Å². The van der Waals surface area contributed by atoms with E-state index in [1.54, 1.807) is 12.2 Å². The predicted molar refractivity (Wildman–Crippen MR) is 84.1 cm³/mol. The van der Waals surface area contributed by atoms with Gasteiger partial charge in [-0.2, -0.15) is 0 Å². The minimum Gasteiger partial charge on any atom is -0.462 e. The van der Waals surface area contributed by atoms with Crippen LogP contribution in [0.3, 0.4) is 0 Å². The average molecular weight is 266 g/mol. The zero-order valence-electron chi connectivity index (χ0n) is 13.3. The van der Waals surface area contributed by atoms with Gasteiger partial charge in [0.2, 0.25) is 0 Å². The molecule has 0 aliphatic heterocycles. The quantitative estimate of drug-likeness (QED) is 0.348. The van der Waals surface area contributed by atoms with Crippen molar-refractivity contribution in [3.8, 4) is 0 Å². The second-order valence-electron chi connectivity index (χ2n) is 4.20. The zero-order chi connectivity index (χ0) is 15.3. The zero-order valence-corrected chi connectivity index (χ0v) is 13.3. The van der Waals surface area contributed by atoms with Crippen molar-refractivity contribution in [1.82, 2.24) is 0 Å². The minimum atomic E-state index is -0.320. The number of rotatable bonds is 8. The van der Waals surface area contributed by atoms with Gasteiger partial charge >= 0.3 is 5.97 Å². The Morgan fingerprint density at radius 1 is 1.11 bits per heavy atom. The van der Waals surface area contributed by atoms with Crippen LogP contribution in [0.1, 0.15) is 53.9 Å². The van der Waals surface area contributed by atoms with Crippen LogP contribution in [0.4, 0.5) is 0 Å². The molecule has 0 aliphatic rings. The molecule has 0 radical (unpaired) electrons. The summed E-state index contributed by atoms with van der Waals surface area (Å²) in [5.41, 5.74) is 0.563. The molecule has 0 N–H and O–H groups in total. The average Bonchev–Trinajstić information content (AvgIpc) is 2.48. The van der Waals surface area contributed by atoms with Gasteiger partial charge in [0, 0.05) is 5.41 Å². The Morgan fingerprint density at radius 3 is 1.89 bits per heavy atom. The van der Waals surface area contributed by atoms with Crippen LogP contribution >= 0.6 is 0 Å². The van der Waals surface area contributed by atoms with Crippen molar-refractivity contribution in [2.75, 3.05) is 6.61 Å². The van der Waals surface area contributed by atoms with Gasteiger partial charge < -0.3 is 4.74 Å². The van der Waals surface area contributed by atoms with Crippen LogP contribution in [0.25, 0.3) is 0 Å². The maximum atomic E-state index is 11.7. The summed E-state index contributed by atoms with van der Waals surface area (Å²) < 4.78 is 5.36. The van der Waals surface area contributed by atoms with E-state index in [9.17, 15) is 4.79 Å². The highest BCUT2D eigenvalue weighted by molar-refractivity contribution is 5.91. The second-order valence-corrected chi connectivity index (χ2v) is 4.20. The maximum Gasteiger partial charge on any atom is 0.338 e. The van der Waals surface area contributed by atoms with E-state index in [1.165, 1.54) is 6.08 Å². The molecule has 0 aromatic rings. The Balaban J connectivity index is 0. The molecule has 0 unspecified atom stereocenters. The van der Waals surface area contributed by atoms with Gasteiger partial charge in [-0.15, -0.1) is 0 Å². The molecule has 0 aromatic heterocycles. The summed E-state index contributed by atoms with van der Waals surface area (Å²) in [6, 6.07) is 0. The standard InChI is InChI=1S/C15H24O2.C2H6/c1-6-11-13(7-2)14(16)17-12-15(8-3,9-4)10-5;1-2/h6-7,11H,1-2,8-10,12H2,3-5H3;1-2H3/b13-11+;. The molecule has 0 heterocycles. The Hall–Kier alpha value is -1.31. The number of carbonyl (C=O) groups is 1. The molecule has 0 rings (SSSR count). The van der Waals surface area contributed by atoms with Gasteiger partial charge in [0.05, 0.1) is 12.2 Å². The smallest absolute Gasteiger partial charge is 0.338 e. The number of esters is 1. The third-order valence-corrected chi connectivity index (χ3v) is 3.51. The van der Waals surface area contributed by atoms with Crippen molar-refractivity contribution in [3.63, 3.8) is 0 Å². The maximum absolute atomic E-state index is 11.7. The molecule has 0 saturated carbocycles.